The molecule has 114 valence electrons. The van der Waals surface area contributed by atoms with Crippen molar-refractivity contribution >= 4 is 5.69 Å². The largest absolute Gasteiger partial charge is 0.369 e. The molecule has 2 heteroatoms. The normalized spacial score (nSPS) is 12.7. The van der Waals surface area contributed by atoms with Gasteiger partial charge in [-0.25, -0.2) is 0 Å². The molecule has 0 fully saturated rings. The first-order valence-electron chi connectivity index (χ1n) is 8.18. The number of nitrogens with zero attached hydrogens (tertiary/aromatic N) is 1. The van der Waals surface area contributed by atoms with E-state index >= 15 is 0 Å². The van der Waals surface area contributed by atoms with E-state index in [-0.39, 0.29) is 0 Å². The summed E-state index contributed by atoms with van der Waals surface area (Å²) in [4.78, 5) is 2.58. The average Bonchev–Trinajstić information content (AvgIpc) is 2.46. The SMILES string of the molecule is CCCCN(c1ccccc1CNC(C)C)C(C)CC. The molecule has 0 aliphatic heterocycles. The van der Waals surface area contributed by atoms with Gasteiger partial charge in [-0.2, -0.15) is 0 Å². The summed E-state index contributed by atoms with van der Waals surface area (Å²) in [6.07, 6.45) is 3.70. The second kappa shape index (κ2) is 9.02. The molecule has 0 heterocycles. The first-order chi connectivity index (χ1) is 9.60. The zero-order valence-corrected chi connectivity index (χ0v) is 13.9. The van der Waals surface area contributed by atoms with Gasteiger partial charge in [0, 0.05) is 30.9 Å². The molecule has 1 N–H and O–H groups in total. The van der Waals surface area contributed by atoms with E-state index in [0.29, 0.717) is 12.1 Å². The Morgan fingerprint density at radius 2 is 1.80 bits per heavy atom. The third-order valence-electron chi connectivity index (χ3n) is 3.88. The Labute approximate surface area is 125 Å². The molecule has 0 spiro atoms. The molecule has 1 unspecified atom stereocenters. The lowest BCUT2D eigenvalue weighted by Gasteiger charge is -2.33. The molecule has 0 saturated carbocycles. The maximum Gasteiger partial charge on any atom is 0.0414 e. The van der Waals surface area contributed by atoms with Gasteiger partial charge in [0.25, 0.3) is 0 Å². The van der Waals surface area contributed by atoms with E-state index in [9.17, 15) is 0 Å². The smallest absolute Gasteiger partial charge is 0.0414 e. The van der Waals surface area contributed by atoms with Crippen molar-refractivity contribution in [3.63, 3.8) is 0 Å². The summed E-state index contributed by atoms with van der Waals surface area (Å²) >= 11 is 0. The van der Waals surface area contributed by atoms with Crippen molar-refractivity contribution in [3.05, 3.63) is 29.8 Å². The van der Waals surface area contributed by atoms with Crippen molar-refractivity contribution in [2.24, 2.45) is 0 Å². The van der Waals surface area contributed by atoms with Gasteiger partial charge >= 0.3 is 0 Å². The summed E-state index contributed by atoms with van der Waals surface area (Å²) < 4.78 is 0. The van der Waals surface area contributed by atoms with E-state index in [1.54, 1.807) is 0 Å². The summed E-state index contributed by atoms with van der Waals surface area (Å²) in [6.45, 7) is 13.4. The number of para-hydroxylation sites is 1. The predicted molar refractivity (Wildman–Crippen MR) is 90.4 cm³/mol. The van der Waals surface area contributed by atoms with Gasteiger partial charge in [0.1, 0.15) is 0 Å². The van der Waals surface area contributed by atoms with Gasteiger partial charge in [0.05, 0.1) is 0 Å². The van der Waals surface area contributed by atoms with Gasteiger partial charge in [-0.05, 0) is 31.4 Å². The summed E-state index contributed by atoms with van der Waals surface area (Å²) in [5.41, 5.74) is 2.82. The Morgan fingerprint density at radius 1 is 1.10 bits per heavy atom. The van der Waals surface area contributed by atoms with Gasteiger partial charge in [-0.3, -0.25) is 0 Å². The van der Waals surface area contributed by atoms with Crippen LogP contribution in [0.2, 0.25) is 0 Å². The van der Waals surface area contributed by atoms with Crippen LogP contribution in [0.25, 0.3) is 0 Å². The molecule has 2 nitrogen and oxygen atoms in total. The van der Waals surface area contributed by atoms with Gasteiger partial charge in [0.15, 0.2) is 0 Å². The van der Waals surface area contributed by atoms with Crippen LogP contribution < -0.4 is 10.2 Å². The lowest BCUT2D eigenvalue weighted by atomic mass is 10.1. The van der Waals surface area contributed by atoms with Gasteiger partial charge in [-0.15, -0.1) is 0 Å². The van der Waals surface area contributed by atoms with Crippen LogP contribution in [0.15, 0.2) is 24.3 Å². The van der Waals surface area contributed by atoms with Crippen LogP contribution in [-0.4, -0.2) is 18.6 Å². The second-order valence-electron chi connectivity index (χ2n) is 5.97. The highest BCUT2D eigenvalue weighted by atomic mass is 15.2. The Hall–Kier alpha value is -1.02. The third-order valence-corrected chi connectivity index (χ3v) is 3.88. The number of benzene rings is 1. The fourth-order valence-electron chi connectivity index (χ4n) is 2.38. The first kappa shape index (κ1) is 17.0. The van der Waals surface area contributed by atoms with E-state index in [4.69, 9.17) is 0 Å². The van der Waals surface area contributed by atoms with Crippen molar-refractivity contribution < 1.29 is 0 Å². The minimum atomic E-state index is 0.524. The van der Waals surface area contributed by atoms with E-state index < -0.39 is 0 Å². The minimum Gasteiger partial charge on any atom is -0.369 e. The summed E-state index contributed by atoms with van der Waals surface area (Å²) in [6, 6.07) is 9.97. The van der Waals surface area contributed by atoms with E-state index in [1.807, 2.05) is 0 Å². The molecule has 0 aromatic heterocycles. The summed E-state index contributed by atoms with van der Waals surface area (Å²) in [5.74, 6) is 0. The van der Waals surface area contributed by atoms with Crippen LogP contribution in [0.1, 0.15) is 59.4 Å². The number of nitrogens with one attached hydrogen (secondary N) is 1. The Bertz CT molecular complexity index is 373. The molecule has 0 aliphatic rings. The quantitative estimate of drug-likeness (QED) is 0.709. The number of hydrogen-bond acceptors (Lipinski definition) is 2. The van der Waals surface area contributed by atoms with Crippen LogP contribution >= 0.6 is 0 Å². The second-order valence-corrected chi connectivity index (χ2v) is 5.97. The molecule has 0 aliphatic carbocycles. The highest BCUT2D eigenvalue weighted by molar-refractivity contribution is 5.54. The van der Waals surface area contributed by atoms with Crippen molar-refractivity contribution in [2.45, 2.75) is 72.5 Å². The third kappa shape index (κ3) is 5.16. The highest BCUT2D eigenvalue weighted by Crippen LogP contribution is 2.24. The number of rotatable bonds is 9. The number of hydrogen-bond donors (Lipinski definition) is 1. The highest BCUT2D eigenvalue weighted by Gasteiger charge is 2.15. The zero-order chi connectivity index (χ0) is 15.0. The fourth-order valence-corrected chi connectivity index (χ4v) is 2.38. The van der Waals surface area contributed by atoms with Crippen molar-refractivity contribution in [2.75, 3.05) is 11.4 Å². The average molecular weight is 276 g/mol. The first-order valence-corrected chi connectivity index (χ1v) is 8.18. The minimum absolute atomic E-state index is 0.524. The number of anilines is 1. The molecule has 0 saturated heterocycles. The molecule has 1 atom stereocenters. The lowest BCUT2D eigenvalue weighted by Crippen LogP contribution is -2.35. The molecular weight excluding hydrogens is 244 g/mol. The summed E-state index contributed by atoms with van der Waals surface area (Å²) in [7, 11) is 0. The fraction of sp³-hybridized carbons (Fsp3) is 0.667. The predicted octanol–water partition coefficient (Wildman–Crippen LogP) is 4.59. The Morgan fingerprint density at radius 3 is 2.40 bits per heavy atom. The molecule has 1 rings (SSSR count). The maximum atomic E-state index is 3.54. The van der Waals surface area contributed by atoms with Crippen molar-refractivity contribution in [1.82, 2.24) is 5.32 Å². The van der Waals surface area contributed by atoms with E-state index in [0.717, 1.165) is 13.1 Å². The number of unbranched alkanes of at least 4 members (excludes halogenated alkanes) is 1. The maximum absolute atomic E-state index is 3.54. The monoisotopic (exact) mass is 276 g/mol. The molecule has 1 aromatic rings. The summed E-state index contributed by atoms with van der Waals surface area (Å²) in [5, 5.41) is 3.54. The van der Waals surface area contributed by atoms with E-state index in [2.05, 4.69) is 69.1 Å². The lowest BCUT2D eigenvalue weighted by molar-refractivity contribution is 0.573. The molecule has 1 aromatic carbocycles. The molecule has 20 heavy (non-hydrogen) atoms. The molecule has 0 amide bonds. The van der Waals surface area contributed by atoms with Crippen molar-refractivity contribution in [3.8, 4) is 0 Å². The standard InChI is InChI=1S/C18H32N2/c1-6-8-13-20(16(5)7-2)18-12-10-9-11-17(18)14-19-15(3)4/h9-12,15-16,19H,6-8,13-14H2,1-5H3. The van der Waals surface area contributed by atoms with E-state index in [1.165, 1.54) is 30.5 Å². The van der Waals surface area contributed by atoms with Crippen LogP contribution in [0.5, 0.6) is 0 Å². The van der Waals surface area contributed by atoms with Crippen molar-refractivity contribution in [1.29, 1.82) is 0 Å². The van der Waals surface area contributed by atoms with Crippen LogP contribution in [0.3, 0.4) is 0 Å². The van der Waals surface area contributed by atoms with Crippen LogP contribution in [0, 0.1) is 0 Å². The van der Waals surface area contributed by atoms with Gasteiger partial charge < -0.3 is 10.2 Å². The van der Waals surface area contributed by atoms with Gasteiger partial charge in [-0.1, -0.05) is 52.3 Å². The van der Waals surface area contributed by atoms with Crippen LogP contribution in [-0.2, 0) is 6.54 Å². The molecule has 0 radical (unpaired) electrons. The van der Waals surface area contributed by atoms with Gasteiger partial charge in [0.2, 0.25) is 0 Å². The molecular formula is C18H32N2. The zero-order valence-electron chi connectivity index (χ0n) is 13.9. The topological polar surface area (TPSA) is 15.3 Å². The molecule has 0 bridgehead atoms. The Balaban J connectivity index is 2.93. The van der Waals surface area contributed by atoms with Crippen LogP contribution in [0.4, 0.5) is 5.69 Å². The Kier molecular flexibility index (Phi) is 7.68.